The van der Waals surface area contributed by atoms with Crippen LogP contribution in [0.25, 0.3) is 21.5 Å². The van der Waals surface area contributed by atoms with Crippen molar-refractivity contribution in [3.63, 3.8) is 0 Å². The van der Waals surface area contributed by atoms with Gasteiger partial charge < -0.3 is 0 Å². The second kappa shape index (κ2) is 6.60. The van der Waals surface area contributed by atoms with Crippen molar-refractivity contribution in [2.24, 2.45) is 0 Å². The van der Waals surface area contributed by atoms with Crippen LogP contribution in [0.3, 0.4) is 0 Å². The molecule has 0 aliphatic heterocycles. The summed E-state index contributed by atoms with van der Waals surface area (Å²) in [7, 11) is 0. The van der Waals surface area contributed by atoms with Crippen LogP contribution in [0.2, 0.25) is 0 Å². The molecule has 0 nitrogen and oxygen atoms in total. The Morgan fingerprint density at radius 1 is 0.462 bits per heavy atom. The Bertz CT molecular complexity index is 981. The summed E-state index contributed by atoms with van der Waals surface area (Å²) in [4.78, 5) is 0. The zero-order valence-corrected chi connectivity index (χ0v) is 18.8. The van der Waals surface area contributed by atoms with Gasteiger partial charge in [0.2, 0.25) is 0 Å². The molecule has 0 fully saturated rings. The molecule has 0 atom stereocenters. The van der Waals surface area contributed by atoms with Gasteiger partial charge in [-0.25, -0.2) is 0 Å². The third kappa shape index (κ3) is 2.36. The molecule has 0 aromatic heterocycles. The average molecular weight is 365 g/mol. The minimum Gasteiger partial charge on any atom is -0.175 e. The topological polar surface area (TPSA) is 0 Å². The van der Waals surface area contributed by atoms with Crippen LogP contribution in [0, 0.1) is 55.4 Å². The van der Waals surface area contributed by atoms with Gasteiger partial charge in [-0.15, -0.1) is 0 Å². The Labute approximate surface area is 164 Å². The van der Waals surface area contributed by atoms with Crippen LogP contribution >= 0.6 is 12.6 Å². The fraction of sp³-hybridized carbons (Fsp3) is 0.440. The Kier molecular flexibility index (Phi) is 4.90. The molecule has 0 radical (unpaired) electrons. The second-order valence-corrected chi connectivity index (χ2v) is 8.29. The number of hydrogen-bond acceptors (Lipinski definition) is 1. The van der Waals surface area contributed by atoms with E-state index >= 15 is 0 Å². The van der Waals surface area contributed by atoms with E-state index in [4.69, 9.17) is 0 Å². The maximum absolute atomic E-state index is 4.64. The summed E-state index contributed by atoms with van der Waals surface area (Å²) in [5, 5.41) is 5.87. The predicted molar refractivity (Wildman–Crippen MR) is 121 cm³/mol. The van der Waals surface area contributed by atoms with Gasteiger partial charge in [0.05, 0.1) is 0 Å². The summed E-state index contributed by atoms with van der Waals surface area (Å²) in [5.74, 6) is 0.802. The number of aryl methyl sites for hydroxylation is 6. The van der Waals surface area contributed by atoms with E-state index in [2.05, 4.69) is 74.9 Å². The second-order valence-electron chi connectivity index (χ2n) is 7.97. The first-order valence-corrected chi connectivity index (χ1v) is 10.4. The van der Waals surface area contributed by atoms with Gasteiger partial charge in [0.25, 0.3) is 0 Å². The molecule has 0 saturated heterocycles. The fourth-order valence-electron chi connectivity index (χ4n) is 5.33. The molecular weight excluding hydrogens is 332 g/mol. The number of thiol groups is 1. The van der Waals surface area contributed by atoms with E-state index in [1.54, 1.807) is 0 Å². The lowest BCUT2D eigenvalue weighted by molar-refractivity contribution is 1.08. The molecule has 0 heterocycles. The molecule has 3 aromatic rings. The molecule has 0 spiro atoms. The summed E-state index contributed by atoms with van der Waals surface area (Å²) in [6, 6.07) is 0. The van der Waals surface area contributed by atoms with Gasteiger partial charge in [0.15, 0.2) is 0 Å². The first kappa shape index (κ1) is 19.3. The standard InChI is InChI=1S/C25H32S/c1-10-20-12(2)14(4)22-19(9)25-17(7)21(11-26)13(3)15(5)23(25)18(8)24(22)16(20)6/h26H,10-11H2,1-9H3. The first-order valence-electron chi connectivity index (χ1n) is 9.73. The van der Waals surface area contributed by atoms with Gasteiger partial charge in [-0.2, -0.15) is 12.6 Å². The molecule has 3 aromatic carbocycles. The minimum atomic E-state index is 0.802. The summed E-state index contributed by atoms with van der Waals surface area (Å²) in [6.45, 7) is 20.7. The normalized spacial score (nSPS) is 11.8. The highest BCUT2D eigenvalue weighted by Gasteiger charge is 2.21. The molecule has 0 N–H and O–H groups in total. The van der Waals surface area contributed by atoms with Crippen molar-refractivity contribution in [3.8, 4) is 0 Å². The van der Waals surface area contributed by atoms with Gasteiger partial charge in [-0.1, -0.05) is 6.92 Å². The molecule has 0 bridgehead atoms. The van der Waals surface area contributed by atoms with Gasteiger partial charge in [0.1, 0.15) is 0 Å². The molecular formula is C25H32S. The Hall–Kier alpha value is -1.47. The third-order valence-electron chi connectivity index (χ3n) is 6.95. The monoisotopic (exact) mass is 364 g/mol. The molecule has 0 unspecified atom stereocenters. The molecule has 0 saturated carbocycles. The molecule has 138 valence electrons. The Morgan fingerprint density at radius 2 is 0.808 bits per heavy atom. The molecule has 0 aliphatic rings. The van der Waals surface area contributed by atoms with E-state index in [1.807, 2.05) is 0 Å². The van der Waals surface area contributed by atoms with E-state index in [9.17, 15) is 0 Å². The van der Waals surface area contributed by atoms with Crippen molar-refractivity contribution < 1.29 is 0 Å². The predicted octanol–water partition coefficient (Wildman–Crippen LogP) is 7.45. The fourth-order valence-corrected chi connectivity index (χ4v) is 5.81. The van der Waals surface area contributed by atoms with E-state index in [-0.39, 0.29) is 0 Å². The zero-order valence-electron chi connectivity index (χ0n) is 17.9. The molecule has 0 amide bonds. The maximum atomic E-state index is 4.64. The van der Waals surface area contributed by atoms with Crippen molar-refractivity contribution >= 4 is 34.2 Å². The van der Waals surface area contributed by atoms with Crippen molar-refractivity contribution in [1.29, 1.82) is 0 Å². The highest BCUT2D eigenvalue weighted by Crippen LogP contribution is 2.43. The Balaban J connectivity index is 2.77. The van der Waals surface area contributed by atoms with Crippen molar-refractivity contribution in [2.75, 3.05) is 0 Å². The van der Waals surface area contributed by atoms with Gasteiger partial charge >= 0.3 is 0 Å². The SMILES string of the molecule is CCc1c(C)c(C)c2c(C)c3c(C)c(CS)c(C)c(C)c3c(C)c2c1C. The van der Waals surface area contributed by atoms with Gasteiger partial charge in [0, 0.05) is 5.75 Å². The lowest BCUT2D eigenvalue weighted by Crippen LogP contribution is -2.05. The third-order valence-corrected chi connectivity index (χ3v) is 7.26. The van der Waals surface area contributed by atoms with Gasteiger partial charge in [-0.05, 0) is 139 Å². The van der Waals surface area contributed by atoms with E-state index in [0.29, 0.717) is 0 Å². The number of benzene rings is 3. The number of hydrogen-bond donors (Lipinski definition) is 1. The maximum Gasteiger partial charge on any atom is 0.0159 e. The van der Waals surface area contributed by atoms with Crippen LogP contribution in [-0.4, -0.2) is 0 Å². The average Bonchev–Trinajstić information content (AvgIpc) is 2.60. The molecule has 1 heteroatoms. The molecule has 26 heavy (non-hydrogen) atoms. The lowest BCUT2D eigenvalue weighted by Gasteiger charge is -2.25. The quantitative estimate of drug-likeness (QED) is 0.354. The smallest absolute Gasteiger partial charge is 0.0159 e. The minimum absolute atomic E-state index is 0.802. The lowest BCUT2D eigenvalue weighted by atomic mass is 9.80. The zero-order chi connectivity index (χ0) is 19.5. The summed E-state index contributed by atoms with van der Waals surface area (Å²) in [5.41, 5.74) is 14.4. The summed E-state index contributed by atoms with van der Waals surface area (Å²) < 4.78 is 0. The number of rotatable bonds is 2. The van der Waals surface area contributed by atoms with Crippen LogP contribution in [-0.2, 0) is 12.2 Å². The van der Waals surface area contributed by atoms with Crippen LogP contribution in [0.4, 0.5) is 0 Å². The van der Waals surface area contributed by atoms with E-state index in [1.165, 1.54) is 77.2 Å². The van der Waals surface area contributed by atoms with Crippen LogP contribution < -0.4 is 0 Å². The highest BCUT2D eigenvalue weighted by molar-refractivity contribution is 7.79. The van der Waals surface area contributed by atoms with E-state index < -0.39 is 0 Å². The Morgan fingerprint density at radius 3 is 1.19 bits per heavy atom. The summed E-state index contributed by atoms with van der Waals surface area (Å²) >= 11 is 4.64. The molecule has 3 rings (SSSR count). The largest absolute Gasteiger partial charge is 0.175 e. The van der Waals surface area contributed by atoms with Crippen LogP contribution in [0.5, 0.6) is 0 Å². The van der Waals surface area contributed by atoms with Crippen LogP contribution in [0.15, 0.2) is 0 Å². The van der Waals surface area contributed by atoms with Gasteiger partial charge in [-0.3, -0.25) is 0 Å². The summed E-state index contributed by atoms with van der Waals surface area (Å²) in [6.07, 6.45) is 1.10. The van der Waals surface area contributed by atoms with Crippen LogP contribution in [0.1, 0.15) is 62.6 Å². The first-order chi connectivity index (χ1) is 12.2. The molecule has 0 aliphatic carbocycles. The van der Waals surface area contributed by atoms with Crippen molar-refractivity contribution in [3.05, 3.63) is 55.6 Å². The number of fused-ring (bicyclic) bond motifs is 2. The van der Waals surface area contributed by atoms with Crippen molar-refractivity contribution in [1.82, 2.24) is 0 Å². The van der Waals surface area contributed by atoms with Crippen molar-refractivity contribution in [2.45, 2.75) is 74.5 Å². The highest BCUT2D eigenvalue weighted by atomic mass is 32.1. The van der Waals surface area contributed by atoms with E-state index in [0.717, 1.165) is 12.2 Å².